The van der Waals surface area contributed by atoms with E-state index < -0.39 is 0 Å². The van der Waals surface area contributed by atoms with Crippen molar-refractivity contribution in [1.82, 2.24) is 10.1 Å². The minimum Gasteiger partial charge on any atom is -0.354 e. The highest BCUT2D eigenvalue weighted by atomic mass is 16.5. The number of anilines is 1. The van der Waals surface area contributed by atoms with E-state index in [-0.39, 0.29) is 0 Å². The molecule has 0 aliphatic carbocycles. The largest absolute Gasteiger partial charge is 0.354 e. The number of hydrogen-bond donors (Lipinski definition) is 1. The zero-order chi connectivity index (χ0) is 11.4. The van der Waals surface area contributed by atoms with Crippen molar-refractivity contribution in [1.29, 1.82) is 0 Å². The van der Waals surface area contributed by atoms with Gasteiger partial charge in [-0.05, 0) is 25.5 Å². The maximum atomic E-state index is 5.23. The van der Waals surface area contributed by atoms with Crippen molar-refractivity contribution in [2.24, 2.45) is 0 Å². The van der Waals surface area contributed by atoms with Crippen molar-refractivity contribution < 1.29 is 4.52 Å². The summed E-state index contributed by atoms with van der Waals surface area (Å²) in [4.78, 5) is 2.31. The molecule has 0 bridgehead atoms. The second-order valence-corrected chi connectivity index (χ2v) is 4.25. The Labute approximate surface area is 96.3 Å². The number of nitrogens with zero attached hydrogens (tertiary/aromatic N) is 2. The molecule has 0 spiro atoms. The molecule has 88 valence electrons. The maximum Gasteiger partial charge on any atom is 0.232 e. The summed E-state index contributed by atoms with van der Waals surface area (Å²) in [5, 5.41) is 7.14. The van der Waals surface area contributed by atoms with E-state index in [9.17, 15) is 0 Å². The molecule has 0 fully saturated rings. The van der Waals surface area contributed by atoms with Gasteiger partial charge in [0.2, 0.25) is 5.88 Å². The zero-order valence-corrected chi connectivity index (χ0v) is 9.99. The van der Waals surface area contributed by atoms with E-state index in [2.05, 4.69) is 35.4 Å². The first kappa shape index (κ1) is 11.2. The summed E-state index contributed by atoms with van der Waals surface area (Å²) in [6.07, 6.45) is 6.27. The number of hydrogen-bond acceptors (Lipinski definition) is 4. The minimum atomic E-state index is 0.809. The van der Waals surface area contributed by atoms with Crippen LogP contribution in [0, 0.1) is 0 Å². The average molecular weight is 221 g/mol. The lowest BCUT2D eigenvalue weighted by Gasteiger charge is -2.22. The van der Waals surface area contributed by atoms with Crippen LogP contribution in [0.1, 0.15) is 25.3 Å². The average Bonchev–Trinajstić information content (AvgIpc) is 2.74. The Balaban J connectivity index is 2.13. The Morgan fingerprint density at radius 1 is 1.56 bits per heavy atom. The fraction of sp³-hybridized carbons (Fsp3) is 0.583. The molecule has 0 aromatic carbocycles. The van der Waals surface area contributed by atoms with Crippen molar-refractivity contribution in [3.8, 4) is 0 Å². The van der Waals surface area contributed by atoms with Gasteiger partial charge in [-0.1, -0.05) is 18.2 Å². The molecular weight excluding hydrogens is 202 g/mol. The molecule has 4 nitrogen and oxygen atoms in total. The van der Waals surface area contributed by atoms with Crippen molar-refractivity contribution >= 4 is 11.5 Å². The molecule has 1 aromatic rings. The van der Waals surface area contributed by atoms with Gasteiger partial charge in [0.05, 0.1) is 11.8 Å². The van der Waals surface area contributed by atoms with Gasteiger partial charge >= 0.3 is 0 Å². The highest BCUT2D eigenvalue weighted by Crippen LogP contribution is 2.26. The van der Waals surface area contributed by atoms with Gasteiger partial charge in [-0.3, -0.25) is 0 Å². The van der Waals surface area contributed by atoms with Crippen LogP contribution in [0.4, 0.5) is 5.88 Å². The summed E-state index contributed by atoms with van der Waals surface area (Å²) in [6, 6.07) is 0. The van der Waals surface area contributed by atoms with E-state index in [4.69, 9.17) is 4.52 Å². The Kier molecular flexibility index (Phi) is 3.62. The first-order chi connectivity index (χ1) is 7.81. The number of aromatic nitrogens is 1. The van der Waals surface area contributed by atoms with E-state index in [0.29, 0.717) is 0 Å². The molecule has 0 unspecified atom stereocenters. The van der Waals surface area contributed by atoms with Crippen molar-refractivity contribution in [3.63, 3.8) is 0 Å². The van der Waals surface area contributed by atoms with Gasteiger partial charge in [0, 0.05) is 19.6 Å². The second-order valence-electron chi connectivity index (χ2n) is 4.25. The van der Waals surface area contributed by atoms with E-state index in [1.165, 1.54) is 5.57 Å². The van der Waals surface area contributed by atoms with Gasteiger partial charge in [0.1, 0.15) is 0 Å². The number of rotatable bonds is 4. The van der Waals surface area contributed by atoms with Gasteiger partial charge in [-0.25, -0.2) is 0 Å². The fourth-order valence-electron chi connectivity index (χ4n) is 1.92. The van der Waals surface area contributed by atoms with Crippen LogP contribution in [0.3, 0.4) is 0 Å². The first-order valence-electron chi connectivity index (χ1n) is 5.87. The monoisotopic (exact) mass is 221 g/mol. The molecule has 0 amide bonds. The molecule has 16 heavy (non-hydrogen) atoms. The summed E-state index contributed by atoms with van der Waals surface area (Å²) in [6.45, 7) is 5.16. The third-order valence-electron chi connectivity index (χ3n) is 2.79. The van der Waals surface area contributed by atoms with Crippen LogP contribution in [0.25, 0.3) is 5.57 Å². The van der Waals surface area contributed by atoms with Crippen LogP contribution in [0.15, 0.2) is 16.8 Å². The van der Waals surface area contributed by atoms with Crippen molar-refractivity contribution in [3.05, 3.63) is 17.8 Å². The molecule has 4 heteroatoms. The van der Waals surface area contributed by atoms with Crippen LogP contribution in [-0.2, 0) is 0 Å². The SMILES string of the molecule is CCCNc1oncc1C1=CCCN(C)C1. The maximum absolute atomic E-state index is 5.23. The zero-order valence-electron chi connectivity index (χ0n) is 9.99. The fourth-order valence-corrected chi connectivity index (χ4v) is 1.92. The molecule has 1 aromatic heterocycles. The molecule has 1 aliphatic rings. The van der Waals surface area contributed by atoms with E-state index in [0.717, 1.165) is 43.9 Å². The van der Waals surface area contributed by atoms with Crippen LogP contribution in [0.5, 0.6) is 0 Å². The van der Waals surface area contributed by atoms with Gasteiger partial charge in [0.15, 0.2) is 0 Å². The highest BCUT2D eigenvalue weighted by molar-refractivity contribution is 5.74. The molecule has 0 saturated carbocycles. The molecule has 1 N–H and O–H groups in total. The van der Waals surface area contributed by atoms with Crippen LogP contribution in [0.2, 0.25) is 0 Å². The third kappa shape index (κ3) is 2.44. The lowest BCUT2D eigenvalue weighted by molar-refractivity contribution is 0.372. The molecule has 2 heterocycles. The summed E-state index contributed by atoms with van der Waals surface area (Å²) in [5.74, 6) is 0.809. The van der Waals surface area contributed by atoms with E-state index in [1.807, 2.05) is 6.20 Å². The molecule has 0 radical (unpaired) electrons. The third-order valence-corrected chi connectivity index (χ3v) is 2.79. The number of nitrogens with one attached hydrogen (secondary N) is 1. The summed E-state index contributed by atoms with van der Waals surface area (Å²) in [5.41, 5.74) is 2.42. The smallest absolute Gasteiger partial charge is 0.232 e. The van der Waals surface area contributed by atoms with Gasteiger partial charge in [-0.2, -0.15) is 0 Å². The first-order valence-corrected chi connectivity index (χ1v) is 5.87. The van der Waals surface area contributed by atoms with Crippen molar-refractivity contribution in [2.75, 3.05) is 32.0 Å². The molecule has 2 rings (SSSR count). The Morgan fingerprint density at radius 3 is 3.19 bits per heavy atom. The minimum absolute atomic E-state index is 0.809. The Morgan fingerprint density at radius 2 is 2.44 bits per heavy atom. The summed E-state index contributed by atoms with van der Waals surface area (Å²) in [7, 11) is 2.14. The predicted molar refractivity (Wildman–Crippen MR) is 65.4 cm³/mol. The molecular formula is C12H19N3O. The molecule has 0 saturated heterocycles. The standard InChI is InChI=1S/C12H19N3O/c1-3-6-13-12-11(8-14-16-12)10-5-4-7-15(2)9-10/h5,8,13H,3-4,6-7,9H2,1-2H3. The van der Waals surface area contributed by atoms with Gasteiger partial charge < -0.3 is 14.7 Å². The molecule has 0 atom stereocenters. The summed E-state index contributed by atoms with van der Waals surface area (Å²) < 4.78 is 5.23. The normalized spacial score (nSPS) is 17.2. The summed E-state index contributed by atoms with van der Waals surface area (Å²) >= 11 is 0. The Bertz CT molecular complexity index is 370. The lowest BCUT2D eigenvalue weighted by atomic mass is 10.0. The second kappa shape index (κ2) is 5.16. The Hall–Kier alpha value is -1.29. The van der Waals surface area contributed by atoms with Gasteiger partial charge in [0.25, 0.3) is 0 Å². The van der Waals surface area contributed by atoms with Crippen LogP contribution >= 0.6 is 0 Å². The van der Waals surface area contributed by atoms with Crippen LogP contribution in [-0.4, -0.2) is 36.7 Å². The predicted octanol–water partition coefficient (Wildman–Crippen LogP) is 2.22. The molecule has 1 aliphatic heterocycles. The van der Waals surface area contributed by atoms with E-state index in [1.54, 1.807) is 0 Å². The van der Waals surface area contributed by atoms with Crippen molar-refractivity contribution in [2.45, 2.75) is 19.8 Å². The number of likely N-dealkylation sites (N-methyl/N-ethyl adjacent to an activating group) is 1. The van der Waals surface area contributed by atoms with Gasteiger partial charge in [-0.15, -0.1) is 0 Å². The van der Waals surface area contributed by atoms with Crippen LogP contribution < -0.4 is 5.32 Å². The highest BCUT2D eigenvalue weighted by Gasteiger charge is 2.16. The topological polar surface area (TPSA) is 41.3 Å². The lowest BCUT2D eigenvalue weighted by Crippen LogP contribution is -2.25. The quantitative estimate of drug-likeness (QED) is 0.846. The van der Waals surface area contributed by atoms with E-state index >= 15 is 0 Å².